The summed E-state index contributed by atoms with van der Waals surface area (Å²) in [5.74, 6) is -0.599. The number of aliphatic hydroxyl groups is 1. The molecule has 10 heteroatoms. The summed E-state index contributed by atoms with van der Waals surface area (Å²) in [4.78, 5) is 37.2. The van der Waals surface area contributed by atoms with Gasteiger partial charge in [0.15, 0.2) is 0 Å². The van der Waals surface area contributed by atoms with Gasteiger partial charge >= 0.3 is 0 Å². The second kappa shape index (κ2) is 9.21. The minimum atomic E-state index is -0.530. The molecule has 1 aliphatic heterocycles. The summed E-state index contributed by atoms with van der Waals surface area (Å²) in [7, 11) is 0. The first-order valence-corrected chi connectivity index (χ1v) is 10.2. The number of halogens is 1. The highest BCUT2D eigenvalue weighted by Crippen LogP contribution is 2.35. The van der Waals surface area contributed by atoms with E-state index in [0.717, 1.165) is 28.4 Å². The van der Waals surface area contributed by atoms with Gasteiger partial charge in [0.25, 0.3) is 16.8 Å². The molecule has 0 bridgehead atoms. The maximum atomic E-state index is 13.0. The van der Waals surface area contributed by atoms with Gasteiger partial charge in [-0.15, -0.1) is 11.8 Å². The predicted molar refractivity (Wildman–Crippen MR) is 109 cm³/mol. The molecule has 0 radical (unpaired) electrons. The second-order valence-electron chi connectivity index (χ2n) is 5.95. The number of nitro benzene ring substituents is 1. The number of carbonyl (C=O) groups is 2. The molecule has 1 heterocycles. The van der Waals surface area contributed by atoms with Gasteiger partial charge in [0.1, 0.15) is 5.82 Å². The van der Waals surface area contributed by atoms with Crippen LogP contribution in [-0.2, 0) is 11.3 Å². The average Bonchev–Trinajstić information content (AvgIpc) is 2.95. The van der Waals surface area contributed by atoms with Crippen molar-refractivity contribution in [2.24, 2.45) is 0 Å². The lowest BCUT2D eigenvalue weighted by atomic mass is 10.1. The van der Waals surface area contributed by atoms with Gasteiger partial charge in [-0.25, -0.2) is 4.39 Å². The largest absolute Gasteiger partial charge is 0.396 e. The zero-order valence-electron chi connectivity index (χ0n) is 14.9. The Balaban J connectivity index is 1.82. The number of rotatable bonds is 7. The van der Waals surface area contributed by atoms with Gasteiger partial charge in [0, 0.05) is 11.8 Å². The Hall–Kier alpha value is -2.69. The Bertz CT molecular complexity index is 995. The van der Waals surface area contributed by atoms with E-state index in [9.17, 15) is 24.1 Å². The smallest absolute Gasteiger partial charge is 0.293 e. The van der Waals surface area contributed by atoms with Crippen molar-refractivity contribution in [3.8, 4) is 0 Å². The molecule has 0 atom stereocenters. The number of hydrogen-bond donors (Lipinski definition) is 1. The summed E-state index contributed by atoms with van der Waals surface area (Å²) in [6.45, 7) is -0.0933. The van der Waals surface area contributed by atoms with Gasteiger partial charge in [-0.3, -0.25) is 24.6 Å². The van der Waals surface area contributed by atoms with E-state index in [4.69, 9.17) is 5.11 Å². The molecule has 3 rings (SSSR count). The number of nitrogens with zero attached hydrogens (tertiary/aromatic N) is 2. The van der Waals surface area contributed by atoms with Crippen LogP contribution in [0.15, 0.2) is 52.3 Å². The predicted octanol–water partition coefficient (Wildman–Crippen LogP) is 4.05. The number of aliphatic hydroxyl groups excluding tert-OH is 1. The van der Waals surface area contributed by atoms with Crippen molar-refractivity contribution in [3.05, 3.63) is 74.4 Å². The number of carbonyl (C=O) groups excluding carboxylic acids is 2. The molecule has 7 nitrogen and oxygen atoms in total. The third kappa shape index (κ3) is 5.03. The van der Waals surface area contributed by atoms with E-state index in [2.05, 4.69) is 0 Å². The van der Waals surface area contributed by atoms with E-state index >= 15 is 0 Å². The number of hydrogen-bond acceptors (Lipinski definition) is 7. The first kappa shape index (κ1) is 21.0. The van der Waals surface area contributed by atoms with Crippen LogP contribution in [0.1, 0.15) is 11.1 Å². The Kier molecular flexibility index (Phi) is 6.68. The maximum absolute atomic E-state index is 13.0. The van der Waals surface area contributed by atoms with Crippen LogP contribution in [0, 0.1) is 15.9 Å². The molecule has 2 amide bonds. The van der Waals surface area contributed by atoms with E-state index < -0.39 is 21.9 Å². The van der Waals surface area contributed by atoms with Crippen LogP contribution in [0.4, 0.5) is 14.9 Å². The fourth-order valence-electron chi connectivity index (χ4n) is 2.60. The monoisotopic (exact) mass is 434 g/mol. The summed E-state index contributed by atoms with van der Waals surface area (Å²) >= 11 is 1.90. The molecule has 0 aromatic heterocycles. The molecule has 0 unspecified atom stereocenters. The fourth-order valence-corrected chi connectivity index (χ4v) is 4.20. The number of thioether (sulfide) groups is 2. The van der Waals surface area contributed by atoms with Crippen molar-refractivity contribution in [1.82, 2.24) is 4.90 Å². The second-order valence-corrected chi connectivity index (χ2v) is 8.08. The van der Waals surface area contributed by atoms with E-state index in [1.165, 1.54) is 36.4 Å². The average molecular weight is 434 g/mol. The molecule has 2 aromatic carbocycles. The fraction of sp³-hybridized carbons (Fsp3) is 0.158. The molecule has 1 fully saturated rings. The van der Waals surface area contributed by atoms with E-state index in [0.29, 0.717) is 21.8 Å². The number of benzene rings is 2. The third-order valence-corrected chi connectivity index (χ3v) is 5.90. The van der Waals surface area contributed by atoms with Crippen LogP contribution < -0.4 is 0 Å². The lowest BCUT2D eigenvalue weighted by molar-refractivity contribution is -0.387. The SMILES string of the molecule is O=C1SC(=Cc2ccc(SCCO)c([N+](=O)[O-])c2)C(=O)N1Cc1ccc(F)cc1. The Morgan fingerprint density at radius 1 is 1.21 bits per heavy atom. The van der Waals surface area contributed by atoms with Gasteiger partial charge in [-0.2, -0.15) is 0 Å². The molecule has 29 heavy (non-hydrogen) atoms. The molecule has 0 saturated carbocycles. The molecular formula is C19H15FN2O5S2. The van der Waals surface area contributed by atoms with Crippen LogP contribution in [-0.4, -0.2) is 38.4 Å². The molecule has 0 aliphatic carbocycles. The van der Waals surface area contributed by atoms with Crippen LogP contribution in [0.2, 0.25) is 0 Å². The van der Waals surface area contributed by atoms with Gasteiger partial charge in [-0.1, -0.05) is 18.2 Å². The molecule has 0 spiro atoms. The topological polar surface area (TPSA) is 101 Å². The van der Waals surface area contributed by atoms with Gasteiger partial charge in [0.05, 0.1) is 27.9 Å². The van der Waals surface area contributed by atoms with Gasteiger partial charge in [0.2, 0.25) is 0 Å². The first-order chi connectivity index (χ1) is 13.9. The molecule has 1 saturated heterocycles. The normalized spacial score (nSPS) is 15.4. The van der Waals surface area contributed by atoms with E-state index in [1.807, 2.05) is 0 Å². The van der Waals surface area contributed by atoms with Crippen molar-refractivity contribution in [1.29, 1.82) is 0 Å². The molecule has 1 N–H and O–H groups in total. The van der Waals surface area contributed by atoms with E-state index in [-0.39, 0.29) is 23.7 Å². The van der Waals surface area contributed by atoms with E-state index in [1.54, 1.807) is 12.1 Å². The zero-order chi connectivity index (χ0) is 21.0. The maximum Gasteiger partial charge on any atom is 0.293 e. The van der Waals surface area contributed by atoms with Crippen molar-refractivity contribution in [3.63, 3.8) is 0 Å². The molecular weight excluding hydrogens is 419 g/mol. The van der Waals surface area contributed by atoms with Crippen LogP contribution in [0.3, 0.4) is 0 Å². The molecule has 150 valence electrons. The Morgan fingerprint density at radius 3 is 2.59 bits per heavy atom. The lowest BCUT2D eigenvalue weighted by Crippen LogP contribution is -2.27. The Labute approximate surface area is 173 Å². The summed E-state index contributed by atoms with van der Waals surface area (Å²) < 4.78 is 13.0. The quantitative estimate of drug-likeness (QED) is 0.304. The van der Waals surface area contributed by atoms with Crippen molar-refractivity contribution >= 4 is 46.4 Å². The van der Waals surface area contributed by atoms with Gasteiger partial charge in [-0.05, 0) is 47.2 Å². The van der Waals surface area contributed by atoms with Crippen LogP contribution in [0.5, 0.6) is 0 Å². The summed E-state index contributed by atoms with van der Waals surface area (Å²) in [5, 5.41) is 19.8. The number of nitro groups is 1. The van der Waals surface area contributed by atoms with Gasteiger partial charge < -0.3 is 5.11 Å². The summed E-state index contributed by atoms with van der Waals surface area (Å²) in [5.41, 5.74) is 0.885. The standard InChI is InChI=1S/C19H15FN2O5S2/c20-14-4-1-12(2-5-14)11-21-18(24)17(29-19(21)25)10-13-3-6-16(28-8-7-23)15(9-13)22(26)27/h1-6,9-10,23H,7-8,11H2. The van der Waals surface area contributed by atoms with Crippen molar-refractivity contribution in [2.45, 2.75) is 11.4 Å². The van der Waals surface area contributed by atoms with Crippen LogP contribution in [0.25, 0.3) is 6.08 Å². The highest BCUT2D eigenvalue weighted by molar-refractivity contribution is 8.18. The third-order valence-electron chi connectivity index (χ3n) is 3.95. The highest BCUT2D eigenvalue weighted by Gasteiger charge is 2.35. The molecule has 1 aliphatic rings. The highest BCUT2D eigenvalue weighted by atomic mass is 32.2. The number of imide groups is 1. The summed E-state index contributed by atoms with van der Waals surface area (Å²) in [6, 6.07) is 9.98. The van der Waals surface area contributed by atoms with Crippen LogP contribution >= 0.6 is 23.5 Å². The minimum absolute atomic E-state index is 0.0131. The minimum Gasteiger partial charge on any atom is -0.396 e. The van der Waals surface area contributed by atoms with Crippen molar-refractivity contribution in [2.75, 3.05) is 12.4 Å². The van der Waals surface area contributed by atoms with Crippen molar-refractivity contribution < 1.29 is 24.0 Å². The lowest BCUT2D eigenvalue weighted by Gasteiger charge is -2.12. The summed E-state index contributed by atoms with van der Waals surface area (Å²) in [6.07, 6.45) is 1.43. The zero-order valence-corrected chi connectivity index (χ0v) is 16.5. The first-order valence-electron chi connectivity index (χ1n) is 8.41. The number of amides is 2. The Morgan fingerprint density at radius 2 is 1.93 bits per heavy atom. The molecule has 2 aromatic rings.